The van der Waals surface area contributed by atoms with Crippen LogP contribution in [0, 0.1) is 0 Å². The van der Waals surface area contributed by atoms with E-state index in [1.165, 1.54) is 12.0 Å². The lowest BCUT2D eigenvalue weighted by Crippen LogP contribution is -2.25. The largest absolute Gasteiger partial charge is 0.465 e. The Labute approximate surface area is 138 Å². The van der Waals surface area contributed by atoms with Gasteiger partial charge in [-0.1, -0.05) is 12.1 Å². The molecule has 0 N–H and O–H groups in total. The lowest BCUT2D eigenvalue weighted by molar-refractivity contribution is 0.0606. The van der Waals surface area contributed by atoms with Gasteiger partial charge in [0.15, 0.2) is 0 Å². The van der Waals surface area contributed by atoms with Gasteiger partial charge in [-0.05, 0) is 36.1 Å². The minimum atomic E-state index is -0.417. The molecule has 0 aliphatic heterocycles. The topological polar surface area (TPSA) is 46.6 Å². The average Bonchev–Trinajstić information content (AvgIpc) is 3.04. The second-order valence-corrected chi connectivity index (χ2v) is 6.63. The molecular weight excluding hydrogens is 318 g/mol. The summed E-state index contributed by atoms with van der Waals surface area (Å²) in [7, 11) is 3.08. The van der Waals surface area contributed by atoms with Gasteiger partial charge in [0, 0.05) is 18.5 Å². The quantitative estimate of drug-likeness (QED) is 0.619. The fourth-order valence-corrected chi connectivity index (χ4v) is 3.25. The number of hydrogen-bond donors (Lipinski definition) is 0. The molecular formula is C16H17NO3S2. The van der Waals surface area contributed by atoms with Crippen LogP contribution in [-0.2, 0) is 11.3 Å². The molecule has 0 bridgehead atoms. The molecule has 0 radical (unpaired) electrons. The molecule has 0 aliphatic carbocycles. The molecule has 1 aromatic heterocycles. The number of amides is 1. The Morgan fingerprint density at radius 3 is 2.36 bits per heavy atom. The van der Waals surface area contributed by atoms with E-state index in [9.17, 15) is 9.59 Å². The SMILES string of the molecule is COC(=O)c1ccc(C(=O)N(C)Cc2ccc(SC)cc2)s1. The molecule has 1 amide bonds. The van der Waals surface area contributed by atoms with Gasteiger partial charge in [0.25, 0.3) is 5.91 Å². The highest BCUT2D eigenvalue weighted by molar-refractivity contribution is 7.98. The minimum absolute atomic E-state index is 0.103. The van der Waals surface area contributed by atoms with Gasteiger partial charge in [0.2, 0.25) is 0 Å². The van der Waals surface area contributed by atoms with Gasteiger partial charge in [0.05, 0.1) is 12.0 Å². The van der Waals surface area contributed by atoms with Crippen molar-refractivity contribution < 1.29 is 14.3 Å². The molecule has 22 heavy (non-hydrogen) atoms. The number of esters is 1. The van der Waals surface area contributed by atoms with Crippen LogP contribution in [0.1, 0.15) is 24.9 Å². The third-order valence-electron chi connectivity index (χ3n) is 3.13. The van der Waals surface area contributed by atoms with Crippen LogP contribution in [0.5, 0.6) is 0 Å². The molecule has 0 unspecified atom stereocenters. The normalized spacial score (nSPS) is 10.3. The van der Waals surface area contributed by atoms with Gasteiger partial charge in [0.1, 0.15) is 4.88 Å². The average molecular weight is 335 g/mol. The monoisotopic (exact) mass is 335 g/mol. The van der Waals surface area contributed by atoms with Crippen molar-refractivity contribution >= 4 is 35.0 Å². The van der Waals surface area contributed by atoms with Crippen LogP contribution in [0.15, 0.2) is 41.3 Å². The molecule has 1 heterocycles. The van der Waals surface area contributed by atoms with Crippen molar-refractivity contribution in [2.75, 3.05) is 20.4 Å². The fraction of sp³-hybridized carbons (Fsp3) is 0.250. The fourth-order valence-electron chi connectivity index (χ4n) is 1.93. The second-order valence-electron chi connectivity index (χ2n) is 4.66. The number of carbonyl (C=O) groups is 2. The summed E-state index contributed by atoms with van der Waals surface area (Å²) >= 11 is 2.83. The lowest BCUT2D eigenvalue weighted by Gasteiger charge is -2.16. The van der Waals surface area contributed by atoms with Crippen molar-refractivity contribution in [3.8, 4) is 0 Å². The first-order valence-electron chi connectivity index (χ1n) is 6.61. The van der Waals surface area contributed by atoms with Crippen LogP contribution in [0.3, 0.4) is 0 Å². The highest BCUT2D eigenvalue weighted by Gasteiger charge is 2.17. The van der Waals surface area contributed by atoms with Crippen LogP contribution in [0.25, 0.3) is 0 Å². The number of rotatable bonds is 5. The van der Waals surface area contributed by atoms with Crippen molar-refractivity contribution in [1.82, 2.24) is 4.90 Å². The van der Waals surface area contributed by atoms with Crippen LogP contribution >= 0.6 is 23.1 Å². The van der Waals surface area contributed by atoms with E-state index < -0.39 is 5.97 Å². The van der Waals surface area contributed by atoms with E-state index in [2.05, 4.69) is 4.74 Å². The molecule has 2 aromatic rings. The van der Waals surface area contributed by atoms with Crippen molar-refractivity contribution in [3.63, 3.8) is 0 Å². The zero-order valence-corrected chi connectivity index (χ0v) is 14.3. The Kier molecular flexibility index (Phi) is 5.63. The van der Waals surface area contributed by atoms with Crippen molar-refractivity contribution in [1.29, 1.82) is 0 Å². The summed E-state index contributed by atoms with van der Waals surface area (Å²) in [6, 6.07) is 11.4. The van der Waals surface area contributed by atoms with Crippen LogP contribution in [0.4, 0.5) is 0 Å². The molecule has 0 saturated carbocycles. The minimum Gasteiger partial charge on any atom is -0.465 e. The second kappa shape index (κ2) is 7.47. The Bertz CT molecular complexity index is 664. The summed E-state index contributed by atoms with van der Waals surface area (Å²) < 4.78 is 4.65. The van der Waals surface area contributed by atoms with Crippen molar-refractivity contribution in [2.24, 2.45) is 0 Å². The maximum atomic E-state index is 12.4. The molecule has 1 aromatic carbocycles. The first-order chi connectivity index (χ1) is 10.5. The summed E-state index contributed by atoms with van der Waals surface area (Å²) in [6.07, 6.45) is 2.03. The number of thiophene rings is 1. The number of methoxy groups -OCH3 is 1. The molecule has 4 nitrogen and oxygen atoms in total. The molecule has 6 heteroatoms. The third kappa shape index (κ3) is 3.90. The molecule has 116 valence electrons. The van der Waals surface area contributed by atoms with E-state index in [0.29, 0.717) is 16.3 Å². The summed E-state index contributed by atoms with van der Waals surface area (Å²) in [5.74, 6) is -0.520. The number of hydrogen-bond acceptors (Lipinski definition) is 5. The molecule has 0 spiro atoms. The summed E-state index contributed by atoms with van der Waals surface area (Å²) in [4.78, 5) is 27.6. The van der Waals surface area contributed by atoms with Crippen molar-refractivity contribution in [3.05, 3.63) is 51.7 Å². The van der Waals surface area contributed by atoms with Gasteiger partial charge in [-0.3, -0.25) is 4.79 Å². The number of thioether (sulfide) groups is 1. The van der Waals surface area contributed by atoms with E-state index >= 15 is 0 Å². The molecule has 0 fully saturated rings. The highest BCUT2D eigenvalue weighted by atomic mass is 32.2. The van der Waals surface area contributed by atoms with Gasteiger partial charge in [-0.25, -0.2) is 4.79 Å². The van der Waals surface area contributed by atoms with Crippen LogP contribution in [-0.4, -0.2) is 37.2 Å². The standard InChI is InChI=1S/C16H17NO3S2/c1-17(10-11-4-6-12(21-3)7-5-11)15(18)13-8-9-14(22-13)16(19)20-2/h4-9H,10H2,1-3H3. The third-order valence-corrected chi connectivity index (χ3v) is 4.93. The first-order valence-corrected chi connectivity index (χ1v) is 8.66. The Morgan fingerprint density at radius 2 is 1.77 bits per heavy atom. The van der Waals surface area contributed by atoms with E-state index in [4.69, 9.17) is 0 Å². The smallest absolute Gasteiger partial charge is 0.348 e. The molecule has 0 atom stereocenters. The maximum Gasteiger partial charge on any atom is 0.348 e. The zero-order valence-electron chi connectivity index (χ0n) is 12.7. The predicted molar refractivity (Wildman–Crippen MR) is 89.7 cm³/mol. The number of ether oxygens (including phenoxy) is 1. The van der Waals surface area contributed by atoms with E-state index in [0.717, 1.165) is 16.9 Å². The van der Waals surface area contributed by atoms with E-state index in [-0.39, 0.29) is 5.91 Å². The van der Waals surface area contributed by atoms with E-state index in [1.807, 2.05) is 30.5 Å². The summed E-state index contributed by atoms with van der Waals surface area (Å²) in [5, 5.41) is 0. The zero-order chi connectivity index (χ0) is 16.1. The molecule has 0 saturated heterocycles. The Hall–Kier alpha value is -1.79. The molecule has 2 rings (SSSR count). The maximum absolute atomic E-state index is 12.4. The van der Waals surface area contributed by atoms with Crippen LogP contribution in [0.2, 0.25) is 0 Å². The van der Waals surface area contributed by atoms with Gasteiger partial charge in [-0.2, -0.15) is 0 Å². The first kappa shape index (κ1) is 16.6. The number of benzene rings is 1. The summed E-state index contributed by atoms with van der Waals surface area (Å²) in [5.41, 5.74) is 1.07. The summed E-state index contributed by atoms with van der Waals surface area (Å²) in [6.45, 7) is 0.527. The highest BCUT2D eigenvalue weighted by Crippen LogP contribution is 2.20. The molecule has 0 aliphatic rings. The van der Waals surface area contributed by atoms with Gasteiger partial charge in [-0.15, -0.1) is 23.1 Å². The van der Waals surface area contributed by atoms with Gasteiger partial charge >= 0.3 is 5.97 Å². The van der Waals surface area contributed by atoms with Gasteiger partial charge < -0.3 is 9.64 Å². The van der Waals surface area contributed by atoms with Crippen LogP contribution < -0.4 is 0 Å². The number of nitrogens with zero attached hydrogens (tertiary/aromatic N) is 1. The number of carbonyl (C=O) groups excluding carboxylic acids is 2. The Balaban J connectivity index is 2.04. The predicted octanol–water partition coefficient (Wildman–Crippen LogP) is 3.53. The lowest BCUT2D eigenvalue weighted by atomic mass is 10.2. The Morgan fingerprint density at radius 1 is 1.14 bits per heavy atom. The van der Waals surface area contributed by atoms with Crippen molar-refractivity contribution in [2.45, 2.75) is 11.4 Å². The van der Waals surface area contributed by atoms with E-state index in [1.54, 1.807) is 35.8 Å².